The Morgan fingerprint density at radius 3 is 2.82 bits per heavy atom. The van der Waals surface area contributed by atoms with Crippen molar-refractivity contribution in [2.45, 2.75) is 24.3 Å². The smallest absolute Gasteiger partial charge is 0.171 e. The molecule has 0 aliphatic carbocycles. The molecular weight excluding hydrogens is 256 g/mol. The number of nitrogens with two attached hydrogens (primary N) is 1. The number of nitrogens with zero attached hydrogens (tertiary/aromatic N) is 1. The van der Waals surface area contributed by atoms with Crippen molar-refractivity contribution in [1.29, 1.82) is 0 Å². The van der Waals surface area contributed by atoms with Gasteiger partial charge in [-0.2, -0.15) is 0 Å². The van der Waals surface area contributed by atoms with Crippen molar-refractivity contribution >= 4 is 39.6 Å². The van der Waals surface area contributed by atoms with Gasteiger partial charge in [0.05, 0.1) is 21.6 Å². The number of nitrogen functional groups attached to an aromatic ring is 1. The van der Waals surface area contributed by atoms with E-state index in [9.17, 15) is 9.90 Å². The summed E-state index contributed by atoms with van der Waals surface area (Å²) in [4.78, 5) is 15.2. The third kappa shape index (κ3) is 2.29. The molecule has 0 amide bonds. The van der Waals surface area contributed by atoms with Crippen LogP contribution >= 0.6 is 23.1 Å². The number of hydrogen-bond acceptors (Lipinski definition) is 6. The summed E-state index contributed by atoms with van der Waals surface area (Å²) in [5, 5.41) is 10.6. The quantitative estimate of drug-likeness (QED) is 0.649. The molecule has 1 saturated heterocycles. The van der Waals surface area contributed by atoms with Gasteiger partial charge in [-0.3, -0.25) is 4.79 Å². The summed E-state index contributed by atoms with van der Waals surface area (Å²) in [5.74, 6) is 0.00814. The van der Waals surface area contributed by atoms with E-state index < -0.39 is 0 Å². The fourth-order valence-electron chi connectivity index (χ4n) is 2.01. The average Bonchev–Trinajstić information content (AvgIpc) is 2.82. The summed E-state index contributed by atoms with van der Waals surface area (Å²) in [6.07, 6.45) is 2.47. The van der Waals surface area contributed by atoms with E-state index in [1.54, 1.807) is 11.8 Å². The number of rotatable bonds is 3. The van der Waals surface area contributed by atoms with Crippen LogP contribution in [0.25, 0.3) is 0 Å². The van der Waals surface area contributed by atoms with Gasteiger partial charge in [0.25, 0.3) is 0 Å². The van der Waals surface area contributed by atoms with Crippen molar-refractivity contribution in [2.24, 2.45) is 0 Å². The first-order chi connectivity index (χ1) is 8.04. The summed E-state index contributed by atoms with van der Waals surface area (Å²) in [7, 11) is 0. The maximum absolute atomic E-state index is 11.5. The summed E-state index contributed by atoms with van der Waals surface area (Å²) >= 11 is 3.00. The lowest BCUT2D eigenvalue weighted by Crippen LogP contribution is -2.20. The molecule has 0 aromatic carbocycles. The Morgan fingerprint density at radius 2 is 2.35 bits per heavy atom. The van der Waals surface area contributed by atoms with Crippen LogP contribution < -0.4 is 10.6 Å². The predicted molar refractivity (Wildman–Crippen MR) is 73.4 cm³/mol. The van der Waals surface area contributed by atoms with Crippen LogP contribution in [0.5, 0.6) is 0 Å². The van der Waals surface area contributed by atoms with Crippen LogP contribution in [0.1, 0.15) is 23.0 Å². The minimum Gasteiger partial charge on any atom is -0.396 e. The van der Waals surface area contributed by atoms with E-state index in [0.717, 1.165) is 22.9 Å². The lowest BCUT2D eigenvalue weighted by Gasteiger charge is -2.16. The Kier molecular flexibility index (Phi) is 3.65. The van der Waals surface area contributed by atoms with Gasteiger partial charge in [0.15, 0.2) is 5.78 Å². The van der Waals surface area contributed by atoms with Crippen LogP contribution in [0, 0.1) is 0 Å². The molecule has 2 heterocycles. The summed E-state index contributed by atoms with van der Waals surface area (Å²) in [5.41, 5.74) is 6.59. The van der Waals surface area contributed by atoms with Crippen LogP contribution in [0.2, 0.25) is 0 Å². The zero-order valence-corrected chi connectivity index (χ0v) is 11.5. The highest BCUT2D eigenvalue weighted by molar-refractivity contribution is 7.99. The van der Waals surface area contributed by atoms with Gasteiger partial charge in [-0.05, 0) is 12.7 Å². The molecule has 0 radical (unpaired) electrons. The second-order valence-corrected chi connectivity index (χ2v) is 5.94. The molecule has 1 aliphatic heterocycles. The van der Waals surface area contributed by atoms with Crippen LogP contribution in [-0.4, -0.2) is 36.3 Å². The molecule has 0 saturated carbocycles. The Bertz CT molecular complexity index is 445. The largest absolute Gasteiger partial charge is 0.396 e. The molecule has 0 spiro atoms. The van der Waals surface area contributed by atoms with E-state index in [0.29, 0.717) is 17.1 Å². The van der Waals surface area contributed by atoms with Crippen molar-refractivity contribution in [3.63, 3.8) is 0 Å². The van der Waals surface area contributed by atoms with Gasteiger partial charge in [-0.1, -0.05) is 0 Å². The molecule has 1 aliphatic rings. The Labute approximate surface area is 109 Å². The highest BCUT2D eigenvalue weighted by atomic mass is 32.2. The van der Waals surface area contributed by atoms with Crippen molar-refractivity contribution in [3.8, 4) is 0 Å². The summed E-state index contributed by atoms with van der Waals surface area (Å²) < 4.78 is 0. The molecule has 1 unspecified atom stereocenters. The van der Waals surface area contributed by atoms with E-state index in [1.807, 2.05) is 6.26 Å². The Hall–Kier alpha value is -0.720. The van der Waals surface area contributed by atoms with Crippen molar-refractivity contribution in [3.05, 3.63) is 4.88 Å². The number of carbonyl (C=O) groups excluding carboxylic acids is 1. The molecule has 4 nitrogen and oxygen atoms in total. The first kappa shape index (κ1) is 12.7. The van der Waals surface area contributed by atoms with Crippen molar-refractivity contribution < 1.29 is 9.90 Å². The topological polar surface area (TPSA) is 66.6 Å². The Balaban J connectivity index is 2.39. The number of β-amino-alcohol motifs (C(OH)–C–C–N with tert-alkyl or cyclic N) is 1. The zero-order chi connectivity index (χ0) is 12.6. The number of ketones is 1. The minimum absolute atomic E-state index is 0.00814. The fourth-order valence-corrected chi connectivity index (χ4v) is 4.12. The van der Waals surface area contributed by atoms with E-state index in [2.05, 4.69) is 4.90 Å². The highest BCUT2D eigenvalue weighted by Gasteiger charge is 2.27. The molecule has 3 N–H and O–H groups in total. The average molecular weight is 272 g/mol. The second kappa shape index (κ2) is 4.88. The number of aliphatic hydroxyl groups excluding tert-OH is 1. The SMILES string of the molecule is CSc1c(N2CCC(O)C2)sc(C(C)=O)c1N. The number of aliphatic hydroxyl groups is 1. The van der Waals surface area contributed by atoms with Crippen LogP contribution in [0.15, 0.2) is 4.90 Å². The maximum atomic E-state index is 11.5. The zero-order valence-electron chi connectivity index (χ0n) is 9.90. The first-order valence-corrected chi connectivity index (χ1v) is 7.49. The van der Waals surface area contributed by atoms with Crippen molar-refractivity contribution in [2.75, 3.05) is 30.0 Å². The number of thioether (sulfide) groups is 1. The van der Waals surface area contributed by atoms with Gasteiger partial charge in [0, 0.05) is 20.0 Å². The Morgan fingerprint density at radius 1 is 1.65 bits per heavy atom. The van der Waals surface area contributed by atoms with E-state index in [1.165, 1.54) is 18.3 Å². The normalized spacial score (nSPS) is 19.9. The van der Waals surface area contributed by atoms with E-state index >= 15 is 0 Å². The van der Waals surface area contributed by atoms with Gasteiger partial charge in [0.1, 0.15) is 5.00 Å². The summed E-state index contributed by atoms with van der Waals surface area (Å²) in [6.45, 7) is 2.99. The number of carbonyl (C=O) groups is 1. The number of Topliss-reactive ketones (excluding diaryl/α,β-unsaturated/α-hetero) is 1. The van der Waals surface area contributed by atoms with Crippen LogP contribution in [0.4, 0.5) is 10.7 Å². The van der Waals surface area contributed by atoms with Gasteiger partial charge in [0.2, 0.25) is 0 Å². The molecule has 2 rings (SSSR count). The third-order valence-corrected chi connectivity index (χ3v) is 5.17. The van der Waals surface area contributed by atoms with Gasteiger partial charge in [-0.15, -0.1) is 23.1 Å². The van der Waals surface area contributed by atoms with Crippen LogP contribution in [-0.2, 0) is 0 Å². The van der Waals surface area contributed by atoms with Gasteiger partial charge >= 0.3 is 0 Å². The lowest BCUT2D eigenvalue weighted by atomic mass is 10.3. The first-order valence-electron chi connectivity index (χ1n) is 5.44. The fraction of sp³-hybridized carbons (Fsp3) is 0.545. The van der Waals surface area contributed by atoms with Crippen molar-refractivity contribution in [1.82, 2.24) is 0 Å². The molecule has 1 atom stereocenters. The molecule has 1 aromatic rings. The maximum Gasteiger partial charge on any atom is 0.171 e. The number of anilines is 2. The van der Waals surface area contributed by atoms with Gasteiger partial charge < -0.3 is 15.7 Å². The molecule has 1 aromatic heterocycles. The third-order valence-electron chi connectivity index (χ3n) is 2.86. The standard InChI is InChI=1S/C11H16N2O2S2/c1-6(14)9-8(12)10(16-2)11(17-9)13-4-3-7(15)5-13/h7,15H,3-5,12H2,1-2H3. The second-order valence-electron chi connectivity index (χ2n) is 4.13. The minimum atomic E-state index is -0.270. The molecule has 17 heavy (non-hydrogen) atoms. The van der Waals surface area contributed by atoms with Crippen LogP contribution in [0.3, 0.4) is 0 Å². The molecule has 0 bridgehead atoms. The lowest BCUT2D eigenvalue weighted by molar-refractivity contribution is 0.102. The molecule has 1 fully saturated rings. The number of thiophene rings is 1. The molecular formula is C11H16N2O2S2. The highest BCUT2D eigenvalue weighted by Crippen LogP contribution is 2.44. The van der Waals surface area contributed by atoms with E-state index in [-0.39, 0.29) is 11.9 Å². The predicted octanol–water partition coefficient (Wildman–Crippen LogP) is 1.83. The summed E-state index contributed by atoms with van der Waals surface area (Å²) in [6, 6.07) is 0. The molecule has 94 valence electrons. The molecule has 6 heteroatoms. The van der Waals surface area contributed by atoms with Gasteiger partial charge in [-0.25, -0.2) is 0 Å². The monoisotopic (exact) mass is 272 g/mol. The number of hydrogen-bond donors (Lipinski definition) is 2. The van der Waals surface area contributed by atoms with E-state index in [4.69, 9.17) is 5.73 Å².